The first-order valence-electron chi connectivity index (χ1n) is 10.5. The van der Waals surface area contributed by atoms with Crippen LogP contribution in [0.4, 0.5) is 0 Å². The van der Waals surface area contributed by atoms with Gasteiger partial charge in [0, 0.05) is 50.5 Å². The monoisotopic (exact) mass is 401 g/mol. The molecule has 3 heterocycles. The molecule has 1 amide bonds. The molecular formula is C25H27N3O2. The molecule has 0 aliphatic carbocycles. The van der Waals surface area contributed by atoms with Crippen molar-refractivity contribution in [2.75, 3.05) is 19.8 Å². The number of carbonyl (C=O) groups is 1. The zero-order valence-corrected chi connectivity index (χ0v) is 17.1. The van der Waals surface area contributed by atoms with E-state index in [4.69, 9.17) is 4.74 Å². The van der Waals surface area contributed by atoms with Crippen LogP contribution in [0.1, 0.15) is 24.1 Å². The van der Waals surface area contributed by atoms with E-state index < -0.39 is 5.41 Å². The predicted octanol–water partition coefficient (Wildman–Crippen LogP) is 3.84. The van der Waals surface area contributed by atoms with Crippen LogP contribution in [0.2, 0.25) is 0 Å². The molecule has 5 nitrogen and oxygen atoms in total. The zero-order valence-electron chi connectivity index (χ0n) is 17.1. The molecule has 1 aliphatic rings. The summed E-state index contributed by atoms with van der Waals surface area (Å²) in [5, 5.41) is 3.16. The fraction of sp³-hybridized carbons (Fsp3) is 0.320. The van der Waals surface area contributed by atoms with Gasteiger partial charge in [-0.15, -0.1) is 0 Å². The Morgan fingerprint density at radius 1 is 1.00 bits per heavy atom. The zero-order chi connectivity index (χ0) is 20.7. The van der Waals surface area contributed by atoms with E-state index in [2.05, 4.69) is 45.6 Å². The van der Waals surface area contributed by atoms with E-state index in [0.29, 0.717) is 26.2 Å². The van der Waals surface area contributed by atoms with Crippen molar-refractivity contribution >= 4 is 5.91 Å². The molecule has 1 N–H and O–H groups in total. The van der Waals surface area contributed by atoms with E-state index in [9.17, 15) is 4.79 Å². The largest absolute Gasteiger partial charge is 0.381 e. The lowest BCUT2D eigenvalue weighted by atomic mass is 9.74. The Morgan fingerprint density at radius 2 is 1.87 bits per heavy atom. The van der Waals surface area contributed by atoms with Gasteiger partial charge in [-0.1, -0.05) is 36.4 Å². The van der Waals surface area contributed by atoms with Crippen LogP contribution in [0, 0.1) is 5.41 Å². The number of ether oxygens (including phenoxy) is 1. The molecule has 0 saturated carbocycles. The molecule has 0 unspecified atom stereocenters. The molecule has 1 aromatic carbocycles. The summed E-state index contributed by atoms with van der Waals surface area (Å²) in [6, 6.07) is 18.3. The average molecular weight is 402 g/mol. The second-order valence-electron chi connectivity index (χ2n) is 7.84. The van der Waals surface area contributed by atoms with Crippen molar-refractivity contribution in [3.8, 4) is 11.1 Å². The predicted molar refractivity (Wildman–Crippen MR) is 117 cm³/mol. The number of hydrogen-bond acceptors (Lipinski definition) is 4. The molecule has 0 spiro atoms. The molecule has 3 aromatic rings. The van der Waals surface area contributed by atoms with Gasteiger partial charge in [-0.25, -0.2) is 0 Å². The van der Waals surface area contributed by atoms with Gasteiger partial charge in [0.05, 0.1) is 5.41 Å². The van der Waals surface area contributed by atoms with Gasteiger partial charge in [0.15, 0.2) is 0 Å². The molecule has 1 aliphatic heterocycles. The third-order valence-electron chi connectivity index (χ3n) is 5.79. The molecule has 30 heavy (non-hydrogen) atoms. The Hall–Kier alpha value is -3.05. The van der Waals surface area contributed by atoms with E-state index in [1.165, 1.54) is 0 Å². The highest BCUT2D eigenvalue weighted by Gasteiger charge is 2.39. The van der Waals surface area contributed by atoms with Crippen LogP contribution in [0.5, 0.6) is 0 Å². The lowest BCUT2D eigenvalue weighted by Crippen LogP contribution is -2.46. The van der Waals surface area contributed by atoms with E-state index in [-0.39, 0.29) is 5.91 Å². The first-order chi connectivity index (χ1) is 14.8. The molecule has 4 rings (SSSR count). The maximum absolute atomic E-state index is 13.3. The van der Waals surface area contributed by atoms with Crippen LogP contribution < -0.4 is 5.32 Å². The Balaban J connectivity index is 1.47. The molecule has 154 valence electrons. The highest BCUT2D eigenvalue weighted by molar-refractivity contribution is 5.83. The summed E-state index contributed by atoms with van der Waals surface area (Å²) in [7, 11) is 0. The Morgan fingerprint density at radius 3 is 2.63 bits per heavy atom. The van der Waals surface area contributed by atoms with Crippen LogP contribution >= 0.6 is 0 Å². The van der Waals surface area contributed by atoms with Crippen LogP contribution in [-0.4, -0.2) is 35.6 Å². The van der Waals surface area contributed by atoms with Gasteiger partial charge in [0.25, 0.3) is 0 Å². The molecule has 2 aromatic heterocycles. The molecule has 0 bridgehead atoms. The topological polar surface area (TPSA) is 64.1 Å². The van der Waals surface area contributed by atoms with Gasteiger partial charge in [0.1, 0.15) is 0 Å². The normalized spacial score (nSPS) is 15.5. The smallest absolute Gasteiger partial charge is 0.226 e. The van der Waals surface area contributed by atoms with Gasteiger partial charge in [-0.05, 0) is 54.2 Å². The highest BCUT2D eigenvalue weighted by Crippen LogP contribution is 2.35. The first-order valence-corrected chi connectivity index (χ1v) is 10.5. The second-order valence-corrected chi connectivity index (χ2v) is 7.84. The van der Waals surface area contributed by atoms with Gasteiger partial charge in [-0.3, -0.25) is 14.8 Å². The minimum Gasteiger partial charge on any atom is -0.381 e. The van der Waals surface area contributed by atoms with Gasteiger partial charge >= 0.3 is 0 Å². The van der Waals surface area contributed by atoms with Crippen molar-refractivity contribution in [1.82, 2.24) is 15.3 Å². The van der Waals surface area contributed by atoms with E-state index in [0.717, 1.165) is 41.6 Å². The first kappa shape index (κ1) is 20.2. The quantitative estimate of drug-likeness (QED) is 0.653. The SMILES string of the molecule is O=C(NCCc1ccccn1)C1(Cc2cccc(-c3cccnc3)c2)CCOCC1. The summed E-state index contributed by atoms with van der Waals surface area (Å²) in [4.78, 5) is 21.8. The number of pyridine rings is 2. The highest BCUT2D eigenvalue weighted by atomic mass is 16.5. The molecule has 0 atom stereocenters. The van der Waals surface area contributed by atoms with Gasteiger partial charge in [0.2, 0.25) is 5.91 Å². The van der Waals surface area contributed by atoms with Gasteiger partial charge < -0.3 is 10.1 Å². The minimum absolute atomic E-state index is 0.119. The second kappa shape index (κ2) is 9.63. The molecule has 1 fully saturated rings. The number of amides is 1. The fourth-order valence-electron chi connectivity index (χ4n) is 4.07. The maximum atomic E-state index is 13.3. The Kier molecular flexibility index (Phi) is 6.50. The Bertz CT molecular complexity index is 954. The van der Waals surface area contributed by atoms with Crippen LogP contribution in [0.15, 0.2) is 73.2 Å². The summed E-state index contributed by atoms with van der Waals surface area (Å²) < 4.78 is 5.58. The van der Waals surface area contributed by atoms with Crippen molar-refractivity contribution < 1.29 is 9.53 Å². The number of hydrogen-bond donors (Lipinski definition) is 1. The summed E-state index contributed by atoms with van der Waals surface area (Å²) in [6.45, 7) is 1.83. The van der Waals surface area contributed by atoms with Crippen LogP contribution in [0.3, 0.4) is 0 Å². The number of nitrogens with one attached hydrogen (secondary N) is 1. The summed E-state index contributed by atoms with van der Waals surface area (Å²) >= 11 is 0. The van der Waals surface area contributed by atoms with Crippen molar-refractivity contribution in [2.45, 2.75) is 25.7 Å². The summed E-state index contributed by atoms with van der Waals surface area (Å²) in [6.07, 6.45) is 8.34. The Labute approximate surface area is 177 Å². The van der Waals surface area contributed by atoms with Crippen LogP contribution in [-0.2, 0) is 22.4 Å². The summed E-state index contributed by atoms with van der Waals surface area (Å²) in [5.74, 6) is 0.119. The molecule has 1 saturated heterocycles. The number of benzene rings is 1. The lowest BCUT2D eigenvalue weighted by Gasteiger charge is -2.36. The van der Waals surface area contributed by atoms with Gasteiger partial charge in [-0.2, -0.15) is 0 Å². The van der Waals surface area contributed by atoms with Crippen molar-refractivity contribution in [1.29, 1.82) is 0 Å². The number of rotatable bonds is 7. The molecular weight excluding hydrogens is 374 g/mol. The maximum Gasteiger partial charge on any atom is 0.226 e. The van der Waals surface area contributed by atoms with Crippen LogP contribution in [0.25, 0.3) is 11.1 Å². The number of carbonyl (C=O) groups excluding carboxylic acids is 1. The van der Waals surface area contributed by atoms with E-state index in [1.807, 2.05) is 30.5 Å². The standard InChI is InChI=1S/C25H27N3O2/c29-24(28-14-9-23-8-1-2-13-27-23)25(10-15-30-16-11-25)18-20-5-3-6-21(17-20)22-7-4-12-26-19-22/h1-8,12-13,17,19H,9-11,14-16,18H2,(H,28,29). The van der Waals surface area contributed by atoms with Crippen molar-refractivity contribution in [3.05, 3.63) is 84.4 Å². The minimum atomic E-state index is -0.435. The van der Waals surface area contributed by atoms with Crippen molar-refractivity contribution in [3.63, 3.8) is 0 Å². The molecule has 0 radical (unpaired) electrons. The lowest BCUT2D eigenvalue weighted by molar-refractivity contribution is -0.136. The van der Waals surface area contributed by atoms with Crippen molar-refractivity contribution in [2.24, 2.45) is 5.41 Å². The third-order valence-corrected chi connectivity index (χ3v) is 5.79. The average Bonchev–Trinajstić information content (AvgIpc) is 2.81. The van der Waals surface area contributed by atoms with E-state index in [1.54, 1.807) is 12.4 Å². The van der Waals surface area contributed by atoms with E-state index >= 15 is 0 Å². The summed E-state index contributed by atoms with van der Waals surface area (Å²) in [5.41, 5.74) is 3.93. The number of nitrogens with zero attached hydrogens (tertiary/aromatic N) is 2. The fourth-order valence-corrected chi connectivity index (χ4v) is 4.07. The third kappa shape index (κ3) is 4.92. The molecule has 5 heteroatoms. The number of aromatic nitrogens is 2.